The van der Waals surface area contributed by atoms with Crippen LogP contribution in [0.1, 0.15) is 105 Å². The van der Waals surface area contributed by atoms with Crippen LogP contribution in [0.5, 0.6) is 0 Å². The molecule has 6 amide bonds. The Hall–Kier alpha value is -5.64. The topological polar surface area (TPSA) is 238 Å². The standard InChI is InChI=1S/C42H58N8O8/c1-23(2)20-31(49-39(55)26(6)47-38(54)25(5)43)40(56)46-22-34(51)48-32(21-24(3)4)42(58)50-19-10-16-33(50)41(57)45-18-11-17-44-30-15-9-14-29-35(30)37(53)28-13-8-7-12-27(28)36(29)52/h7-9,12-15,23-26,31-33,44H,10-11,16-22,43H2,1-6H3,(H,45,57)(H,46,56)(H,47,54)(H,48,51)(H,49,55)/t25-,26-,31-,32-,33-/m0/s1. The molecule has 0 radical (unpaired) electrons. The molecule has 1 heterocycles. The van der Waals surface area contributed by atoms with E-state index in [0.717, 1.165) is 0 Å². The Kier molecular flexibility index (Phi) is 16.1. The van der Waals surface area contributed by atoms with Gasteiger partial charge in [0.15, 0.2) is 11.6 Å². The van der Waals surface area contributed by atoms with E-state index in [1.165, 1.54) is 18.7 Å². The predicted octanol–water partition coefficient (Wildman–Crippen LogP) is 1.40. The average molecular weight is 803 g/mol. The van der Waals surface area contributed by atoms with E-state index in [0.29, 0.717) is 73.3 Å². The number of carbonyl (C=O) groups is 8. The summed E-state index contributed by atoms with van der Waals surface area (Å²) in [6, 6.07) is 7.44. The van der Waals surface area contributed by atoms with Crippen molar-refractivity contribution in [2.75, 3.05) is 31.5 Å². The molecular weight excluding hydrogens is 745 g/mol. The van der Waals surface area contributed by atoms with Crippen molar-refractivity contribution in [1.82, 2.24) is 31.5 Å². The van der Waals surface area contributed by atoms with E-state index in [1.54, 1.807) is 42.5 Å². The Labute approximate surface area is 339 Å². The molecule has 1 aliphatic heterocycles. The number of hydrogen-bond donors (Lipinski definition) is 7. The third kappa shape index (κ3) is 11.7. The molecule has 4 rings (SSSR count). The van der Waals surface area contributed by atoms with Crippen molar-refractivity contribution in [2.45, 2.75) is 104 Å². The van der Waals surface area contributed by atoms with Crippen LogP contribution in [0.15, 0.2) is 42.5 Å². The molecule has 0 spiro atoms. The number of rotatable bonds is 19. The van der Waals surface area contributed by atoms with Crippen LogP contribution in [0.25, 0.3) is 0 Å². The minimum atomic E-state index is -0.987. The zero-order valence-corrected chi connectivity index (χ0v) is 34.2. The van der Waals surface area contributed by atoms with E-state index in [4.69, 9.17) is 5.73 Å². The van der Waals surface area contributed by atoms with E-state index in [1.807, 2.05) is 27.7 Å². The first-order valence-electron chi connectivity index (χ1n) is 20.1. The molecule has 0 aromatic heterocycles. The number of carbonyl (C=O) groups excluding carboxylic acids is 8. The van der Waals surface area contributed by atoms with Crippen molar-refractivity contribution >= 4 is 52.7 Å². The Morgan fingerprint density at radius 3 is 2.02 bits per heavy atom. The fourth-order valence-corrected chi connectivity index (χ4v) is 7.08. The summed E-state index contributed by atoms with van der Waals surface area (Å²) in [4.78, 5) is 106. The lowest BCUT2D eigenvalue weighted by molar-refractivity contribution is -0.141. The summed E-state index contributed by atoms with van der Waals surface area (Å²) in [6.07, 6.45) is 2.13. The maximum Gasteiger partial charge on any atom is 0.245 e. The fourth-order valence-electron chi connectivity index (χ4n) is 7.08. The van der Waals surface area contributed by atoms with Gasteiger partial charge in [-0.25, -0.2) is 0 Å². The second kappa shape index (κ2) is 20.7. The highest BCUT2D eigenvalue weighted by molar-refractivity contribution is 6.30. The van der Waals surface area contributed by atoms with Gasteiger partial charge in [0.25, 0.3) is 0 Å². The Balaban J connectivity index is 1.28. The lowest BCUT2D eigenvalue weighted by Crippen LogP contribution is -2.56. The molecule has 2 aliphatic rings. The van der Waals surface area contributed by atoms with Crippen LogP contribution in [-0.2, 0) is 28.8 Å². The molecule has 1 fully saturated rings. The smallest absolute Gasteiger partial charge is 0.245 e. The lowest BCUT2D eigenvalue weighted by Gasteiger charge is -2.29. The number of anilines is 1. The molecule has 2 aromatic rings. The molecule has 314 valence electrons. The highest BCUT2D eigenvalue weighted by atomic mass is 16.2. The molecule has 8 N–H and O–H groups in total. The third-order valence-electron chi connectivity index (χ3n) is 10.0. The van der Waals surface area contributed by atoms with Crippen LogP contribution in [0.4, 0.5) is 5.69 Å². The average Bonchev–Trinajstić information content (AvgIpc) is 3.68. The highest BCUT2D eigenvalue weighted by Gasteiger charge is 2.38. The van der Waals surface area contributed by atoms with Gasteiger partial charge in [0.1, 0.15) is 24.2 Å². The van der Waals surface area contributed by atoms with Crippen LogP contribution in [0.3, 0.4) is 0 Å². The SMILES string of the molecule is CC(C)C[C@H](NC(=O)[C@H](C)NC(=O)[C@H](C)N)C(=O)NCC(=O)N[C@@H](CC(C)C)C(=O)N1CCC[C@H]1C(=O)NCCCNc1cccc2c1C(=O)c1ccccc1C2=O. The second-order valence-corrected chi connectivity index (χ2v) is 15.9. The zero-order chi connectivity index (χ0) is 42.7. The summed E-state index contributed by atoms with van der Waals surface area (Å²) in [7, 11) is 0. The minimum absolute atomic E-state index is 0.00736. The van der Waals surface area contributed by atoms with Crippen LogP contribution < -0.4 is 37.6 Å². The summed E-state index contributed by atoms with van der Waals surface area (Å²) < 4.78 is 0. The maximum atomic E-state index is 13.9. The van der Waals surface area contributed by atoms with Crippen LogP contribution in [0, 0.1) is 11.8 Å². The zero-order valence-electron chi connectivity index (χ0n) is 34.2. The van der Waals surface area contributed by atoms with Crippen molar-refractivity contribution < 1.29 is 38.4 Å². The Morgan fingerprint density at radius 1 is 0.724 bits per heavy atom. The first kappa shape index (κ1) is 45.1. The summed E-state index contributed by atoms with van der Waals surface area (Å²) in [5.74, 6) is -3.43. The van der Waals surface area contributed by atoms with Gasteiger partial charge in [-0.15, -0.1) is 0 Å². The number of amides is 6. The number of nitrogens with two attached hydrogens (primary N) is 1. The molecule has 1 saturated heterocycles. The number of fused-ring (bicyclic) bond motifs is 2. The van der Waals surface area contributed by atoms with Crippen LogP contribution >= 0.6 is 0 Å². The van der Waals surface area contributed by atoms with Gasteiger partial charge in [-0.1, -0.05) is 64.1 Å². The van der Waals surface area contributed by atoms with Crippen LogP contribution in [-0.4, -0.2) is 108 Å². The highest BCUT2D eigenvalue weighted by Crippen LogP contribution is 2.32. The van der Waals surface area contributed by atoms with Gasteiger partial charge in [-0.2, -0.15) is 0 Å². The van der Waals surface area contributed by atoms with Gasteiger partial charge in [-0.05, 0) is 63.9 Å². The minimum Gasteiger partial charge on any atom is -0.384 e. The largest absolute Gasteiger partial charge is 0.384 e. The molecule has 0 bridgehead atoms. The number of nitrogens with zero attached hydrogens (tertiary/aromatic N) is 1. The monoisotopic (exact) mass is 802 g/mol. The van der Waals surface area contributed by atoms with Crippen molar-refractivity contribution in [3.05, 3.63) is 64.7 Å². The van der Waals surface area contributed by atoms with E-state index in [2.05, 4.69) is 31.9 Å². The number of ketones is 2. The van der Waals surface area contributed by atoms with Crippen LogP contribution in [0.2, 0.25) is 0 Å². The van der Waals surface area contributed by atoms with E-state index in [-0.39, 0.29) is 35.7 Å². The van der Waals surface area contributed by atoms with Gasteiger partial charge < -0.3 is 42.5 Å². The second-order valence-electron chi connectivity index (χ2n) is 15.9. The Morgan fingerprint density at radius 2 is 1.36 bits per heavy atom. The first-order valence-corrected chi connectivity index (χ1v) is 20.1. The molecule has 16 heteroatoms. The molecule has 2 aromatic carbocycles. The maximum absolute atomic E-state index is 13.9. The van der Waals surface area contributed by atoms with Gasteiger partial charge in [-0.3, -0.25) is 38.4 Å². The number of benzene rings is 2. The van der Waals surface area contributed by atoms with Gasteiger partial charge in [0.05, 0.1) is 18.2 Å². The number of nitrogens with one attached hydrogen (secondary N) is 6. The summed E-state index contributed by atoms with van der Waals surface area (Å²) in [5.41, 5.74) is 7.54. The third-order valence-corrected chi connectivity index (χ3v) is 10.0. The molecule has 0 unspecified atom stereocenters. The Bertz CT molecular complexity index is 1880. The molecule has 1 aliphatic carbocycles. The molecule has 5 atom stereocenters. The number of likely N-dealkylation sites (tertiary alicyclic amines) is 1. The van der Waals surface area contributed by atoms with Gasteiger partial charge in [0.2, 0.25) is 35.4 Å². The normalized spacial score (nSPS) is 16.7. The van der Waals surface area contributed by atoms with Crippen molar-refractivity contribution in [3.8, 4) is 0 Å². The molecule has 0 saturated carbocycles. The van der Waals surface area contributed by atoms with Gasteiger partial charge >= 0.3 is 0 Å². The number of hydrogen-bond acceptors (Lipinski definition) is 10. The van der Waals surface area contributed by atoms with E-state index >= 15 is 0 Å². The summed E-state index contributed by atoms with van der Waals surface area (Å²) in [6.45, 7) is 11.1. The fraction of sp³-hybridized carbons (Fsp3) is 0.524. The van der Waals surface area contributed by atoms with Crippen molar-refractivity contribution in [2.24, 2.45) is 17.6 Å². The predicted molar refractivity (Wildman–Crippen MR) is 218 cm³/mol. The molecular formula is C42H58N8O8. The molecule has 58 heavy (non-hydrogen) atoms. The lowest BCUT2D eigenvalue weighted by atomic mass is 9.83. The summed E-state index contributed by atoms with van der Waals surface area (Å²) >= 11 is 0. The van der Waals surface area contributed by atoms with E-state index < -0.39 is 66.3 Å². The van der Waals surface area contributed by atoms with E-state index in [9.17, 15) is 38.4 Å². The first-order chi connectivity index (χ1) is 27.5. The quantitative estimate of drug-likeness (QED) is 0.0861. The van der Waals surface area contributed by atoms with Crippen molar-refractivity contribution in [3.63, 3.8) is 0 Å². The summed E-state index contributed by atoms with van der Waals surface area (Å²) in [5, 5.41) is 16.6. The molecule has 16 nitrogen and oxygen atoms in total. The van der Waals surface area contributed by atoms with Gasteiger partial charge in [0, 0.05) is 42.0 Å². The van der Waals surface area contributed by atoms with Crippen molar-refractivity contribution in [1.29, 1.82) is 0 Å².